The molecule has 1 saturated heterocycles. The van der Waals surface area contributed by atoms with Gasteiger partial charge in [0.05, 0.1) is 5.41 Å². The molecular weight excluding hydrogens is 419 g/mol. The zero-order chi connectivity index (χ0) is 22.2. The van der Waals surface area contributed by atoms with Crippen molar-refractivity contribution >= 4 is 22.8 Å². The Labute approximate surface area is 177 Å². The van der Waals surface area contributed by atoms with E-state index in [9.17, 15) is 27.6 Å². The number of anilines is 1. The van der Waals surface area contributed by atoms with Gasteiger partial charge in [0, 0.05) is 12.2 Å². The summed E-state index contributed by atoms with van der Waals surface area (Å²) in [6.07, 6.45) is -1.77. The van der Waals surface area contributed by atoms with Crippen LogP contribution in [0, 0.1) is 5.41 Å². The molecule has 2 aliphatic rings. The van der Waals surface area contributed by atoms with E-state index in [1.807, 2.05) is 13.8 Å². The molecule has 0 bridgehead atoms. The van der Waals surface area contributed by atoms with E-state index in [2.05, 4.69) is 0 Å². The number of carbonyl (C=O) groups excluding carboxylic acids is 1. The zero-order valence-electron chi connectivity index (χ0n) is 17.2. The molecule has 2 fully saturated rings. The molecule has 1 amide bonds. The smallest absolute Gasteiger partial charge is 0.422 e. The highest BCUT2D eigenvalue weighted by atomic mass is 32.2. The van der Waals surface area contributed by atoms with Gasteiger partial charge in [-0.3, -0.25) is 4.79 Å². The molecule has 5 nitrogen and oxygen atoms in total. The van der Waals surface area contributed by atoms with Crippen LogP contribution in [0.25, 0.3) is 0 Å². The molecular formula is C21H28F3NO4S. The number of carbonyl (C=O) groups is 1. The van der Waals surface area contributed by atoms with Crippen molar-refractivity contribution in [1.29, 1.82) is 0 Å². The number of benzene rings is 1. The van der Waals surface area contributed by atoms with Crippen molar-refractivity contribution in [2.75, 3.05) is 23.8 Å². The second-order valence-electron chi connectivity index (χ2n) is 8.68. The maximum atomic E-state index is 13.2. The summed E-state index contributed by atoms with van der Waals surface area (Å²) < 4.78 is 53.7. The van der Waals surface area contributed by atoms with Crippen LogP contribution in [-0.2, 0) is 16.0 Å². The summed E-state index contributed by atoms with van der Waals surface area (Å²) in [6.45, 7) is 2.89. The highest BCUT2D eigenvalue weighted by Crippen LogP contribution is 2.49. The van der Waals surface area contributed by atoms with Gasteiger partial charge in [0.2, 0.25) is 5.91 Å². The number of ether oxygens (including phenoxy) is 1. The van der Waals surface area contributed by atoms with Gasteiger partial charge in [0.25, 0.3) is 0 Å². The molecule has 0 aromatic heterocycles. The molecule has 1 aliphatic carbocycles. The molecule has 30 heavy (non-hydrogen) atoms. The highest BCUT2D eigenvalue weighted by Gasteiger charge is 2.52. The van der Waals surface area contributed by atoms with Gasteiger partial charge in [0.15, 0.2) is 6.61 Å². The van der Waals surface area contributed by atoms with Gasteiger partial charge in [-0.2, -0.15) is 13.2 Å². The third kappa shape index (κ3) is 5.23. The summed E-state index contributed by atoms with van der Waals surface area (Å²) in [5.74, 6) is 0.315. The fraction of sp³-hybridized carbons (Fsp3) is 0.667. The van der Waals surface area contributed by atoms with Crippen LogP contribution in [0.4, 0.5) is 18.9 Å². The first-order valence-corrected chi connectivity index (χ1v) is 11.5. The van der Waals surface area contributed by atoms with Crippen LogP contribution < -0.4 is 9.64 Å². The average molecular weight is 448 g/mol. The fourth-order valence-electron chi connectivity index (χ4n) is 4.19. The summed E-state index contributed by atoms with van der Waals surface area (Å²) in [5, 5.41) is 10.8. The number of aliphatic hydroxyl groups is 1. The number of halogens is 3. The zero-order valence-corrected chi connectivity index (χ0v) is 18.0. The molecule has 1 atom stereocenters. The van der Waals surface area contributed by atoms with Gasteiger partial charge in [-0.15, -0.1) is 0 Å². The quantitative estimate of drug-likeness (QED) is 0.673. The predicted molar refractivity (Wildman–Crippen MR) is 109 cm³/mol. The Balaban J connectivity index is 1.61. The summed E-state index contributed by atoms with van der Waals surface area (Å²) in [7, 11) is 0. The van der Waals surface area contributed by atoms with Crippen LogP contribution in [0.2, 0.25) is 0 Å². The van der Waals surface area contributed by atoms with Crippen molar-refractivity contribution in [3.63, 3.8) is 0 Å². The van der Waals surface area contributed by atoms with Crippen LogP contribution in [-0.4, -0.2) is 51.5 Å². The van der Waals surface area contributed by atoms with Gasteiger partial charge in [0.1, 0.15) is 22.4 Å². The van der Waals surface area contributed by atoms with Crippen LogP contribution in [0.15, 0.2) is 24.3 Å². The topological polar surface area (TPSA) is 72.8 Å². The molecule has 168 valence electrons. The third-order valence-corrected chi connectivity index (χ3v) is 8.01. The van der Waals surface area contributed by atoms with E-state index in [1.54, 1.807) is 17.0 Å². The van der Waals surface area contributed by atoms with Crippen molar-refractivity contribution in [1.82, 2.24) is 0 Å². The minimum absolute atomic E-state index is 0.0153. The summed E-state index contributed by atoms with van der Waals surface area (Å²) in [5.41, 5.74) is -0.902. The van der Waals surface area contributed by atoms with Gasteiger partial charge in [-0.05, 0) is 81.4 Å². The second kappa shape index (κ2) is 8.59. The fourth-order valence-corrected chi connectivity index (χ4v) is 5.34. The lowest BCUT2D eigenvalue weighted by Crippen LogP contribution is -2.47. The summed E-state index contributed by atoms with van der Waals surface area (Å²) >= 11 is -1.10. The third-order valence-electron chi connectivity index (χ3n) is 6.14. The minimum atomic E-state index is -4.40. The second-order valence-corrected chi connectivity index (χ2v) is 10.7. The number of alkyl halides is 3. The number of amides is 1. The lowest BCUT2D eigenvalue weighted by molar-refractivity contribution is -0.153. The molecule has 1 saturated carbocycles. The molecule has 9 heteroatoms. The molecule has 1 heterocycles. The van der Waals surface area contributed by atoms with Crippen LogP contribution in [0.1, 0.15) is 46.0 Å². The average Bonchev–Trinajstić information content (AvgIpc) is 2.99. The Morgan fingerprint density at radius 1 is 1.17 bits per heavy atom. The van der Waals surface area contributed by atoms with Crippen LogP contribution in [0.3, 0.4) is 0 Å². The molecule has 1 aromatic rings. The Bertz CT molecular complexity index is 746. The number of rotatable bonds is 6. The Kier molecular flexibility index (Phi) is 6.65. The predicted octanol–water partition coefficient (Wildman–Crippen LogP) is 3.81. The van der Waals surface area contributed by atoms with Crippen molar-refractivity contribution in [3.8, 4) is 5.75 Å². The van der Waals surface area contributed by atoms with E-state index in [4.69, 9.17) is 4.74 Å². The van der Waals surface area contributed by atoms with E-state index < -0.39 is 35.0 Å². The normalized spacial score (nSPS) is 28.4. The van der Waals surface area contributed by atoms with E-state index in [-0.39, 0.29) is 22.7 Å². The van der Waals surface area contributed by atoms with Crippen molar-refractivity contribution < 1.29 is 32.4 Å². The standard InChI is InChI=1S/C21H28F3NO4S/c1-15(2)30(28)14-20(27)9-7-19(8-10-20)11-12-25(18(19)26)16-3-5-17(6-4-16)29-13-21(22,23)24/h3-6,15,27H,7-14H2,1-2H3/t19-,20+,30?. The van der Waals surface area contributed by atoms with Gasteiger partial charge in [-0.1, -0.05) is 0 Å². The largest absolute Gasteiger partial charge is 0.616 e. The number of hydrogen-bond acceptors (Lipinski definition) is 4. The van der Waals surface area contributed by atoms with Gasteiger partial charge < -0.3 is 19.3 Å². The Morgan fingerprint density at radius 3 is 2.30 bits per heavy atom. The van der Waals surface area contributed by atoms with Crippen molar-refractivity contribution in [2.24, 2.45) is 5.41 Å². The van der Waals surface area contributed by atoms with Gasteiger partial charge in [-0.25, -0.2) is 0 Å². The van der Waals surface area contributed by atoms with Crippen molar-refractivity contribution in [3.05, 3.63) is 24.3 Å². The minimum Gasteiger partial charge on any atom is -0.616 e. The maximum Gasteiger partial charge on any atom is 0.422 e. The Morgan fingerprint density at radius 2 is 1.77 bits per heavy atom. The SMILES string of the molecule is CC(C)[S+]([O-])C[C@]1(O)CC[C@]2(CCN(c3ccc(OCC(F)(F)F)cc3)C2=O)CC1. The summed E-state index contributed by atoms with van der Waals surface area (Å²) in [6, 6.07) is 6.04. The van der Waals surface area contributed by atoms with Gasteiger partial charge >= 0.3 is 6.18 Å². The molecule has 1 spiro atoms. The lowest BCUT2D eigenvalue weighted by Gasteiger charge is -2.40. The molecule has 1 N–H and O–H groups in total. The Hall–Kier alpha value is -1.45. The van der Waals surface area contributed by atoms with E-state index in [0.29, 0.717) is 44.3 Å². The van der Waals surface area contributed by atoms with E-state index in [1.165, 1.54) is 12.1 Å². The molecule has 0 radical (unpaired) electrons. The molecule has 1 aliphatic heterocycles. The van der Waals surface area contributed by atoms with E-state index in [0.717, 1.165) is 0 Å². The molecule has 1 unspecified atom stereocenters. The monoisotopic (exact) mass is 447 g/mol. The number of hydrogen-bond donors (Lipinski definition) is 1. The summed E-state index contributed by atoms with van der Waals surface area (Å²) in [4.78, 5) is 14.8. The number of nitrogens with zero attached hydrogens (tertiary/aromatic N) is 1. The maximum absolute atomic E-state index is 13.2. The molecule has 1 aromatic carbocycles. The van der Waals surface area contributed by atoms with Crippen LogP contribution >= 0.6 is 0 Å². The van der Waals surface area contributed by atoms with E-state index >= 15 is 0 Å². The first-order chi connectivity index (χ1) is 13.9. The first kappa shape index (κ1) is 23.2. The first-order valence-electron chi connectivity index (χ1n) is 10.1. The lowest BCUT2D eigenvalue weighted by atomic mass is 9.68. The van der Waals surface area contributed by atoms with Crippen molar-refractivity contribution in [2.45, 2.75) is 63.0 Å². The van der Waals surface area contributed by atoms with Crippen LogP contribution in [0.5, 0.6) is 5.75 Å². The molecule has 3 rings (SSSR count). The highest BCUT2D eigenvalue weighted by molar-refractivity contribution is 7.92.